The Morgan fingerprint density at radius 3 is 2.63 bits per heavy atom. The third kappa shape index (κ3) is 3.57. The van der Waals surface area contributed by atoms with Crippen molar-refractivity contribution in [2.75, 3.05) is 25.1 Å². The van der Waals surface area contributed by atoms with E-state index in [1.54, 1.807) is 4.31 Å². The van der Waals surface area contributed by atoms with Crippen LogP contribution in [-0.4, -0.2) is 48.6 Å². The first-order valence-corrected chi connectivity index (χ1v) is 12.7. The van der Waals surface area contributed by atoms with Crippen LogP contribution >= 0.6 is 11.3 Å². The Hall–Kier alpha value is -1.81. The lowest BCUT2D eigenvalue weighted by Gasteiger charge is -2.35. The predicted octanol–water partition coefficient (Wildman–Crippen LogP) is 2.68. The molecule has 1 saturated carbocycles. The number of fused-ring (bicyclic) bond motifs is 1. The van der Waals surface area contributed by atoms with Crippen LogP contribution in [-0.2, 0) is 37.9 Å². The van der Waals surface area contributed by atoms with Crippen LogP contribution in [0.3, 0.4) is 0 Å². The van der Waals surface area contributed by atoms with Gasteiger partial charge in [-0.1, -0.05) is 30.3 Å². The fraction of sp³-hybridized carbons (Fsp3) is 0.524. The van der Waals surface area contributed by atoms with Gasteiger partial charge in [-0.05, 0) is 31.2 Å². The standard InChI is InChI=1S/C21H25N3O4S2/c25-19(21(9-12-28-13-10-21)15-4-2-1-3-5-15)23-20-22-17-8-11-24(14-18(17)29-20)30(26,27)16-6-7-16/h1-5,16H,6-14H2,(H,22,23,25). The zero-order chi connectivity index (χ0) is 20.8. The number of benzene rings is 1. The van der Waals surface area contributed by atoms with Crippen molar-refractivity contribution in [3.8, 4) is 0 Å². The summed E-state index contributed by atoms with van der Waals surface area (Å²) < 4.78 is 32.3. The number of anilines is 1. The molecule has 0 unspecified atom stereocenters. The van der Waals surface area contributed by atoms with Gasteiger partial charge >= 0.3 is 0 Å². The Labute approximate surface area is 180 Å². The van der Waals surface area contributed by atoms with Gasteiger partial charge in [0.1, 0.15) is 0 Å². The lowest BCUT2D eigenvalue weighted by molar-refractivity contribution is -0.125. The van der Waals surface area contributed by atoms with E-state index in [-0.39, 0.29) is 11.2 Å². The SMILES string of the molecule is O=C(Nc1nc2c(s1)CN(S(=O)(=O)C1CC1)CC2)C1(c2ccccc2)CCOCC1. The minimum absolute atomic E-state index is 0.0643. The fourth-order valence-corrected chi connectivity index (χ4v) is 7.27. The summed E-state index contributed by atoms with van der Waals surface area (Å²) in [5.74, 6) is -0.0643. The van der Waals surface area contributed by atoms with Crippen molar-refractivity contribution in [3.05, 3.63) is 46.5 Å². The van der Waals surface area contributed by atoms with Crippen molar-refractivity contribution in [3.63, 3.8) is 0 Å². The van der Waals surface area contributed by atoms with Gasteiger partial charge in [0.15, 0.2) is 5.13 Å². The number of aromatic nitrogens is 1. The summed E-state index contributed by atoms with van der Waals surface area (Å²) in [7, 11) is -3.20. The number of nitrogens with zero attached hydrogens (tertiary/aromatic N) is 2. The largest absolute Gasteiger partial charge is 0.381 e. The van der Waals surface area contributed by atoms with E-state index in [1.807, 2.05) is 30.3 Å². The summed E-state index contributed by atoms with van der Waals surface area (Å²) in [5, 5.41) is 3.39. The molecule has 7 nitrogen and oxygen atoms in total. The maximum Gasteiger partial charge on any atom is 0.236 e. The molecule has 0 atom stereocenters. The van der Waals surface area contributed by atoms with Crippen LogP contribution in [0.4, 0.5) is 5.13 Å². The monoisotopic (exact) mass is 447 g/mol. The van der Waals surface area contributed by atoms with Crippen molar-refractivity contribution in [2.24, 2.45) is 0 Å². The van der Waals surface area contributed by atoms with Gasteiger partial charge < -0.3 is 10.1 Å². The Bertz CT molecular complexity index is 1040. The van der Waals surface area contributed by atoms with Gasteiger partial charge in [-0.15, -0.1) is 11.3 Å². The maximum atomic E-state index is 13.4. The number of nitrogens with one attached hydrogen (secondary N) is 1. The summed E-state index contributed by atoms with van der Waals surface area (Å²) in [5.41, 5.74) is 1.26. The number of carbonyl (C=O) groups excluding carboxylic acids is 1. The van der Waals surface area contributed by atoms with Gasteiger partial charge in [-0.25, -0.2) is 13.4 Å². The molecular formula is C21H25N3O4S2. The molecule has 0 spiro atoms. The second kappa shape index (κ2) is 7.71. The van der Waals surface area contributed by atoms with E-state index in [2.05, 4.69) is 10.3 Å². The molecule has 2 aliphatic heterocycles. The Balaban J connectivity index is 1.36. The molecule has 1 amide bonds. The summed E-state index contributed by atoms with van der Waals surface area (Å²) in [6.07, 6.45) is 3.37. The molecule has 30 heavy (non-hydrogen) atoms. The van der Waals surface area contributed by atoms with Crippen LogP contribution in [0.25, 0.3) is 0 Å². The summed E-state index contributed by atoms with van der Waals surface area (Å²) in [4.78, 5) is 19.0. The molecule has 9 heteroatoms. The molecule has 3 heterocycles. The fourth-order valence-electron chi connectivity index (χ4n) is 4.36. The molecule has 3 aliphatic rings. The van der Waals surface area contributed by atoms with Gasteiger partial charge in [-0.2, -0.15) is 4.31 Å². The number of carbonyl (C=O) groups is 1. The topological polar surface area (TPSA) is 88.6 Å². The molecule has 160 valence electrons. The number of thiazole rings is 1. The number of sulfonamides is 1. The second-order valence-electron chi connectivity index (χ2n) is 8.23. The number of amides is 1. The van der Waals surface area contributed by atoms with E-state index in [0.717, 1.165) is 29.0 Å². The van der Waals surface area contributed by atoms with Crippen LogP contribution in [0.5, 0.6) is 0 Å². The first-order valence-electron chi connectivity index (χ1n) is 10.4. The Morgan fingerprint density at radius 1 is 1.20 bits per heavy atom. The highest BCUT2D eigenvalue weighted by Crippen LogP contribution is 2.38. The van der Waals surface area contributed by atoms with Crippen LogP contribution in [0.2, 0.25) is 0 Å². The number of ether oxygens (including phenoxy) is 1. The van der Waals surface area contributed by atoms with Crippen LogP contribution in [0.1, 0.15) is 41.8 Å². The van der Waals surface area contributed by atoms with E-state index in [4.69, 9.17) is 4.74 Å². The second-order valence-corrected chi connectivity index (χ2v) is 11.5. The van der Waals surface area contributed by atoms with Crippen molar-refractivity contribution < 1.29 is 17.9 Å². The zero-order valence-corrected chi connectivity index (χ0v) is 18.3. The third-order valence-electron chi connectivity index (χ3n) is 6.33. The summed E-state index contributed by atoms with van der Waals surface area (Å²) in [6.45, 7) is 1.92. The van der Waals surface area contributed by atoms with Crippen LogP contribution < -0.4 is 5.32 Å². The predicted molar refractivity (Wildman–Crippen MR) is 115 cm³/mol. The molecule has 2 fully saturated rings. The van der Waals surface area contributed by atoms with Gasteiger partial charge in [0, 0.05) is 37.6 Å². The summed E-state index contributed by atoms with van der Waals surface area (Å²) >= 11 is 1.39. The highest BCUT2D eigenvalue weighted by molar-refractivity contribution is 7.90. The van der Waals surface area contributed by atoms with E-state index in [9.17, 15) is 13.2 Å². The number of hydrogen-bond donors (Lipinski definition) is 1. The highest BCUT2D eigenvalue weighted by Gasteiger charge is 2.43. The summed E-state index contributed by atoms with van der Waals surface area (Å²) in [6, 6.07) is 9.86. The first kappa shape index (κ1) is 20.1. The van der Waals surface area contributed by atoms with Crippen molar-refractivity contribution in [2.45, 2.75) is 49.3 Å². The Morgan fingerprint density at radius 2 is 1.93 bits per heavy atom. The highest BCUT2D eigenvalue weighted by atomic mass is 32.2. The molecule has 1 saturated heterocycles. The smallest absolute Gasteiger partial charge is 0.236 e. The van der Waals surface area contributed by atoms with E-state index < -0.39 is 15.4 Å². The number of rotatable bonds is 5. The van der Waals surface area contributed by atoms with Crippen LogP contribution in [0.15, 0.2) is 30.3 Å². The normalized spacial score (nSPS) is 21.7. The van der Waals surface area contributed by atoms with Gasteiger partial charge in [0.2, 0.25) is 15.9 Å². The third-order valence-corrected chi connectivity index (χ3v) is 9.67. The van der Waals surface area contributed by atoms with Crippen molar-refractivity contribution in [1.82, 2.24) is 9.29 Å². The quantitative estimate of drug-likeness (QED) is 0.761. The van der Waals surface area contributed by atoms with E-state index >= 15 is 0 Å². The lowest BCUT2D eigenvalue weighted by atomic mass is 9.73. The lowest BCUT2D eigenvalue weighted by Crippen LogP contribution is -2.44. The van der Waals surface area contributed by atoms with Crippen molar-refractivity contribution >= 4 is 32.4 Å². The van der Waals surface area contributed by atoms with Gasteiger partial charge in [0.25, 0.3) is 0 Å². The minimum Gasteiger partial charge on any atom is -0.381 e. The van der Waals surface area contributed by atoms with Crippen LogP contribution in [0, 0.1) is 0 Å². The minimum atomic E-state index is -3.20. The molecule has 1 aromatic carbocycles. The van der Waals surface area contributed by atoms with Gasteiger partial charge in [0.05, 0.1) is 16.4 Å². The number of hydrogen-bond acceptors (Lipinski definition) is 6. The van der Waals surface area contributed by atoms with E-state index in [1.165, 1.54) is 11.3 Å². The molecule has 2 aromatic rings. The maximum absolute atomic E-state index is 13.4. The molecule has 1 aliphatic carbocycles. The molecule has 0 bridgehead atoms. The molecule has 0 radical (unpaired) electrons. The average Bonchev–Trinajstić information content (AvgIpc) is 3.56. The van der Waals surface area contributed by atoms with Crippen molar-refractivity contribution in [1.29, 1.82) is 0 Å². The van der Waals surface area contributed by atoms with Gasteiger partial charge in [-0.3, -0.25) is 4.79 Å². The average molecular weight is 448 g/mol. The van der Waals surface area contributed by atoms with E-state index in [0.29, 0.717) is 50.7 Å². The molecule has 5 rings (SSSR count). The molecule has 1 N–H and O–H groups in total. The molecular weight excluding hydrogens is 422 g/mol. The first-order chi connectivity index (χ1) is 14.5. The Kier molecular flexibility index (Phi) is 5.17. The zero-order valence-electron chi connectivity index (χ0n) is 16.7. The molecule has 1 aromatic heterocycles.